The summed E-state index contributed by atoms with van der Waals surface area (Å²) in [7, 11) is 0. The summed E-state index contributed by atoms with van der Waals surface area (Å²) >= 11 is 0. The Morgan fingerprint density at radius 2 is 1.77 bits per heavy atom. The molecule has 5 heteroatoms. The molecule has 0 aliphatic carbocycles. The molecule has 1 aromatic heterocycles. The molecule has 0 spiro atoms. The first-order chi connectivity index (χ1) is 12.4. The van der Waals surface area contributed by atoms with Gasteiger partial charge in [0.2, 0.25) is 0 Å². The first-order valence-corrected chi connectivity index (χ1v) is 10.0. The van der Waals surface area contributed by atoms with Crippen LogP contribution in [0.15, 0.2) is 24.5 Å². The molecule has 144 valence electrons. The molecule has 0 bridgehead atoms. The number of rotatable bonds is 4. The fourth-order valence-electron chi connectivity index (χ4n) is 4.31. The predicted molar refractivity (Wildman–Crippen MR) is 103 cm³/mol. The van der Waals surface area contributed by atoms with Gasteiger partial charge in [-0.25, -0.2) is 0 Å². The van der Waals surface area contributed by atoms with E-state index in [9.17, 15) is 4.79 Å². The maximum absolute atomic E-state index is 13.0. The van der Waals surface area contributed by atoms with E-state index in [0.29, 0.717) is 11.8 Å². The second-order valence-electron chi connectivity index (χ2n) is 8.66. The quantitative estimate of drug-likeness (QED) is 0.838. The van der Waals surface area contributed by atoms with E-state index in [1.165, 1.54) is 5.56 Å². The van der Waals surface area contributed by atoms with Crippen molar-refractivity contribution in [3.63, 3.8) is 0 Å². The van der Waals surface area contributed by atoms with Crippen molar-refractivity contribution in [3.05, 3.63) is 30.1 Å². The van der Waals surface area contributed by atoms with Crippen molar-refractivity contribution in [2.24, 2.45) is 5.92 Å². The lowest BCUT2D eigenvalue weighted by atomic mass is 9.85. The topological polar surface area (TPSA) is 54.5 Å². The normalized spacial score (nSPS) is 22.1. The van der Waals surface area contributed by atoms with Crippen LogP contribution in [0.2, 0.25) is 0 Å². The number of piperidine rings is 2. The fraction of sp³-hybridized carbons (Fsp3) is 0.714. The van der Waals surface area contributed by atoms with E-state index in [4.69, 9.17) is 4.74 Å². The van der Waals surface area contributed by atoms with Gasteiger partial charge < -0.3 is 10.1 Å². The van der Waals surface area contributed by atoms with Gasteiger partial charge in [0.15, 0.2) is 0 Å². The average molecular weight is 360 g/mol. The number of carbonyl (C=O) groups is 1. The standard InChI is InChI=1S/C21H33N3O2/c1-21(2,3)26-20(25)19(18-6-12-23-13-7-18)24-14-8-17(9-15-24)16-4-10-22-11-5-16/h4-5,10-11,17-19,23H,6-9,12-15H2,1-3H3. The molecule has 0 aromatic carbocycles. The molecule has 5 nitrogen and oxygen atoms in total. The minimum Gasteiger partial charge on any atom is -0.459 e. The summed E-state index contributed by atoms with van der Waals surface area (Å²) in [6.45, 7) is 9.79. The van der Waals surface area contributed by atoms with E-state index < -0.39 is 5.60 Å². The number of carbonyl (C=O) groups excluding carboxylic acids is 1. The van der Waals surface area contributed by atoms with Crippen LogP contribution in [0.4, 0.5) is 0 Å². The molecular formula is C21H33N3O2. The van der Waals surface area contributed by atoms with E-state index in [2.05, 4.69) is 27.3 Å². The lowest BCUT2D eigenvalue weighted by Gasteiger charge is -2.41. The molecule has 2 aliphatic rings. The maximum Gasteiger partial charge on any atom is 0.324 e. The third kappa shape index (κ3) is 5.04. The third-order valence-corrected chi connectivity index (χ3v) is 5.58. The number of pyridine rings is 1. The van der Waals surface area contributed by atoms with Crippen LogP contribution < -0.4 is 5.32 Å². The second-order valence-corrected chi connectivity index (χ2v) is 8.66. The van der Waals surface area contributed by atoms with Gasteiger partial charge >= 0.3 is 5.97 Å². The molecule has 1 N–H and O–H groups in total. The van der Waals surface area contributed by atoms with Gasteiger partial charge in [-0.1, -0.05) is 0 Å². The SMILES string of the molecule is CC(C)(C)OC(=O)C(C1CCNCC1)N1CCC(c2ccncc2)CC1. The van der Waals surface area contributed by atoms with Crippen molar-refractivity contribution in [1.29, 1.82) is 0 Å². The van der Waals surface area contributed by atoms with E-state index >= 15 is 0 Å². The van der Waals surface area contributed by atoms with Crippen molar-refractivity contribution in [1.82, 2.24) is 15.2 Å². The number of aromatic nitrogens is 1. The van der Waals surface area contributed by atoms with Crippen molar-refractivity contribution < 1.29 is 9.53 Å². The Labute approximate surface area is 157 Å². The minimum atomic E-state index is -0.433. The highest BCUT2D eigenvalue weighted by Crippen LogP contribution is 2.32. The molecular weight excluding hydrogens is 326 g/mol. The van der Waals surface area contributed by atoms with Crippen LogP contribution in [0.5, 0.6) is 0 Å². The van der Waals surface area contributed by atoms with Gasteiger partial charge in [-0.15, -0.1) is 0 Å². The van der Waals surface area contributed by atoms with Gasteiger partial charge in [0, 0.05) is 12.4 Å². The lowest BCUT2D eigenvalue weighted by molar-refractivity contribution is -0.165. The first kappa shape index (κ1) is 19.3. The number of nitrogens with zero attached hydrogens (tertiary/aromatic N) is 2. The van der Waals surface area contributed by atoms with Gasteiger partial charge in [-0.3, -0.25) is 14.7 Å². The smallest absolute Gasteiger partial charge is 0.324 e. The van der Waals surface area contributed by atoms with Crippen LogP contribution in [0.25, 0.3) is 0 Å². The molecule has 1 atom stereocenters. The molecule has 3 rings (SSSR count). The molecule has 0 radical (unpaired) electrons. The van der Waals surface area contributed by atoms with Crippen molar-refractivity contribution >= 4 is 5.97 Å². The Hall–Kier alpha value is -1.46. The molecule has 1 aromatic rings. The van der Waals surface area contributed by atoms with Gasteiger partial charge in [-0.05, 0) is 102 Å². The zero-order valence-electron chi connectivity index (χ0n) is 16.4. The minimum absolute atomic E-state index is 0.0354. The van der Waals surface area contributed by atoms with Crippen molar-refractivity contribution in [2.45, 2.75) is 64.0 Å². The molecule has 2 fully saturated rings. The Balaban J connectivity index is 1.68. The van der Waals surface area contributed by atoms with Crippen LogP contribution >= 0.6 is 0 Å². The molecule has 2 saturated heterocycles. The predicted octanol–water partition coefficient (Wildman–Crippen LogP) is 2.97. The summed E-state index contributed by atoms with van der Waals surface area (Å²) in [5.74, 6) is 0.928. The van der Waals surface area contributed by atoms with Crippen LogP contribution in [0.3, 0.4) is 0 Å². The molecule has 0 amide bonds. The number of esters is 1. The molecule has 1 unspecified atom stereocenters. The van der Waals surface area contributed by atoms with E-state index in [1.807, 2.05) is 33.2 Å². The largest absolute Gasteiger partial charge is 0.459 e. The monoisotopic (exact) mass is 359 g/mol. The fourth-order valence-corrected chi connectivity index (χ4v) is 4.31. The summed E-state index contributed by atoms with van der Waals surface area (Å²) in [5.41, 5.74) is 0.938. The summed E-state index contributed by atoms with van der Waals surface area (Å²) in [5, 5.41) is 3.41. The molecule has 3 heterocycles. The second kappa shape index (κ2) is 8.49. The number of hydrogen-bond acceptors (Lipinski definition) is 5. The summed E-state index contributed by atoms with van der Waals surface area (Å²) < 4.78 is 5.81. The summed E-state index contributed by atoms with van der Waals surface area (Å²) in [4.78, 5) is 19.5. The van der Waals surface area contributed by atoms with Crippen molar-refractivity contribution in [3.8, 4) is 0 Å². The zero-order valence-corrected chi connectivity index (χ0v) is 16.4. The maximum atomic E-state index is 13.0. The summed E-state index contributed by atoms with van der Waals surface area (Å²) in [6.07, 6.45) is 8.03. The summed E-state index contributed by atoms with van der Waals surface area (Å²) in [6, 6.07) is 4.14. The van der Waals surface area contributed by atoms with E-state index in [-0.39, 0.29) is 12.0 Å². The van der Waals surface area contributed by atoms with Crippen molar-refractivity contribution in [2.75, 3.05) is 26.2 Å². The highest BCUT2D eigenvalue weighted by molar-refractivity contribution is 5.76. The Kier molecular flexibility index (Phi) is 6.30. The van der Waals surface area contributed by atoms with Gasteiger partial charge in [0.05, 0.1) is 0 Å². The highest BCUT2D eigenvalue weighted by Gasteiger charge is 2.38. The van der Waals surface area contributed by atoms with Gasteiger partial charge in [-0.2, -0.15) is 0 Å². The number of likely N-dealkylation sites (tertiary alicyclic amines) is 1. The van der Waals surface area contributed by atoms with Gasteiger partial charge in [0.1, 0.15) is 11.6 Å². The number of ether oxygens (including phenoxy) is 1. The molecule has 26 heavy (non-hydrogen) atoms. The highest BCUT2D eigenvalue weighted by atomic mass is 16.6. The van der Waals surface area contributed by atoms with E-state index in [0.717, 1.165) is 51.9 Å². The first-order valence-electron chi connectivity index (χ1n) is 10.0. The third-order valence-electron chi connectivity index (χ3n) is 5.58. The molecule has 0 saturated carbocycles. The zero-order chi connectivity index (χ0) is 18.6. The van der Waals surface area contributed by atoms with Gasteiger partial charge in [0.25, 0.3) is 0 Å². The number of nitrogens with one attached hydrogen (secondary N) is 1. The molecule has 2 aliphatic heterocycles. The van der Waals surface area contributed by atoms with Crippen LogP contribution in [-0.2, 0) is 9.53 Å². The average Bonchev–Trinajstić information content (AvgIpc) is 2.63. The van der Waals surface area contributed by atoms with Crippen LogP contribution in [0.1, 0.15) is 57.9 Å². The van der Waals surface area contributed by atoms with Crippen LogP contribution in [-0.4, -0.2) is 53.7 Å². The Morgan fingerprint density at radius 3 is 2.35 bits per heavy atom. The Bertz CT molecular complexity index is 571. The van der Waals surface area contributed by atoms with E-state index in [1.54, 1.807) is 0 Å². The van der Waals surface area contributed by atoms with Crippen LogP contribution in [0, 0.1) is 5.92 Å². The Morgan fingerprint density at radius 1 is 1.15 bits per heavy atom. The lowest BCUT2D eigenvalue weighted by Crippen LogP contribution is -2.53. The number of hydrogen-bond donors (Lipinski definition) is 1.